The summed E-state index contributed by atoms with van der Waals surface area (Å²) in [6, 6.07) is 4.37. The van der Waals surface area contributed by atoms with Crippen molar-refractivity contribution in [3.8, 4) is 0 Å². The molecule has 1 atom stereocenters. The van der Waals surface area contributed by atoms with Crippen molar-refractivity contribution in [2.24, 2.45) is 5.92 Å². The van der Waals surface area contributed by atoms with Crippen molar-refractivity contribution in [2.75, 3.05) is 5.75 Å². The molecule has 0 unspecified atom stereocenters. The largest absolute Gasteiger partial charge is 0.383 e. The number of ketones is 1. The highest BCUT2D eigenvalue weighted by Gasteiger charge is 2.33. The Balaban J connectivity index is 1.57. The van der Waals surface area contributed by atoms with Gasteiger partial charge >= 0.3 is 0 Å². The summed E-state index contributed by atoms with van der Waals surface area (Å²) in [4.78, 5) is 17.0. The van der Waals surface area contributed by atoms with Crippen molar-refractivity contribution in [3.05, 3.63) is 45.6 Å². The van der Waals surface area contributed by atoms with Gasteiger partial charge in [-0.3, -0.25) is 4.79 Å². The summed E-state index contributed by atoms with van der Waals surface area (Å²) in [5.41, 5.74) is 3.68. The van der Waals surface area contributed by atoms with Crippen molar-refractivity contribution < 1.29 is 18.3 Å². The number of hydrogen-bond donors (Lipinski definition) is 1. The molecule has 2 aliphatic rings. The lowest BCUT2D eigenvalue weighted by Gasteiger charge is -2.19. The van der Waals surface area contributed by atoms with E-state index in [1.54, 1.807) is 13.8 Å². The first kappa shape index (κ1) is 21.7. The van der Waals surface area contributed by atoms with Gasteiger partial charge in [-0.1, -0.05) is 19.1 Å². The minimum atomic E-state index is -3.77. The zero-order valence-electron chi connectivity index (χ0n) is 17.8. The van der Waals surface area contributed by atoms with E-state index in [1.807, 2.05) is 0 Å². The van der Waals surface area contributed by atoms with E-state index in [2.05, 4.69) is 24.0 Å². The molecular formula is C23H29NO4S2. The highest BCUT2D eigenvalue weighted by Crippen LogP contribution is 2.44. The predicted octanol–water partition coefficient (Wildman–Crippen LogP) is 3.96. The number of rotatable bonds is 8. The minimum absolute atomic E-state index is 0.0397. The highest BCUT2D eigenvalue weighted by molar-refractivity contribution is 7.94. The van der Waals surface area contributed by atoms with Crippen LogP contribution in [0, 0.1) is 5.92 Å². The Kier molecular flexibility index (Phi) is 5.66. The summed E-state index contributed by atoms with van der Waals surface area (Å²) in [7, 11) is -3.77. The molecule has 7 heteroatoms. The standard InChI is InChI=1S/C23H29NO4S2/c1-14(15-7-8-15)18-10-9-16-5-4-6-19(16)20(18)11-17(25)13-30(27,28)21-12-24-22(29-21)23(2,3)26/h9-10,12,14-15,26H,4-8,11,13H2,1-3H3/t14-/m1/s1. The van der Waals surface area contributed by atoms with E-state index in [1.165, 1.54) is 35.7 Å². The van der Waals surface area contributed by atoms with E-state index in [9.17, 15) is 18.3 Å². The second kappa shape index (κ2) is 7.84. The summed E-state index contributed by atoms with van der Waals surface area (Å²) < 4.78 is 25.7. The summed E-state index contributed by atoms with van der Waals surface area (Å²) in [5, 5.41) is 10.4. The molecule has 2 aliphatic carbocycles. The number of nitrogens with zero attached hydrogens (tertiary/aromatic N) is 1. The third kappa shape index (κ3) is 4.39. The van der Waals surface area contributed by atoms with Crippen LogP contribution >= 0.6 is 11.3 Å². The van der Waals surface area contributed by atoms with Gasteiger partial charge in [0.25, 0.3) is 0 Å². The fraction of sp³-hybridized carbons (Fsp3) is 0.565. The predicted molar refractivity (Wildman–Crippen MR) is 118 cm³/mol. The number of aliphatic hydroxyl groups is 1. The topological polar surface area (TPSA) is 84.3 Å². The fourth-order valence-corrected chi connectivity index (χ4v) is 6.92. The summed E-state index contributed by atoms with van der Waals surface area (Å²) in [5.74, 6) is 0.282. The molecule has 1 aromatic heterocycles. The number of carbonyl (C=O) groups excluding carboxylic acids is 1. The van der Waals surface area contributed by atoms with E-state index in [4.69, 9.17) is 0 Å². The second-order valence-electron chi connectivity index (χ2n) is 9.27. The zero-order chi connectivity index (χ0) is 21.7. The van der Waals surface area contributed by atoms with Gasteiger partial charge in [0.15, 0.2) is 15.6 Å². The molecule has 1 aromatic carbocycles. The molecule has 1 saturated carbocycles. The number of fused-ring (bicyclic) bond motifs is 1. The molecule has 0 amide bonds. The fourth-order valence-electron chi connectivity index (χ4n) is 4.46. The van der Waals surface area contributed by atoms with E-state index in [-0.39, 0.29) is 16.4 Å². The van der Waals surface area contributed by atoms with E-state index in [0.29, 0.717) is 16.8 Å². The summed E-state index contributed by atoms with van der Waals surface area (Å²) >= 11 is 0.934. The molecule has 1 heterocycles. The molecule has 162 valence electrons. The van der Waals surface area contributed by atoms with Gasteiger partial charge < -0.3 is 5.11 Å². The lowest BCUT2D eigenvalue weighted by molar-refractivity contribution is -0.116. The Morgan fingerprint density at radius 2 is 2.03 bits per heavy atom. The number of carbonyl (C=O) groups is 1. The van der Waals surface area contributed by atoms with Crippen LogP contribution in [0.1, 0.15) is 73.2 Å². The van der Waals surface area contributed by atoms with Crippen LogP contribution in [-0.4, -0.2) is 30.0 Å². The van der Waals surface area contributed by atoms with Crippen molar-refractivity contribution >= 4 is 27.0 Å². The van der Waals surface area contributed by atoms with Crippen LogP contribution in [-0.2, 0) is 39.5 Å². The zero-order valence-corrected chi connectivity index (χ0v) is 19.4. The molecule has 4 rings (SSSR count). The number of Topliss-reactive ketones (excluding diaryl/α,β-unsaturated/α-hetero) is 1. The number of aromatic nitrogens is 1. The average molecular weight is 448 g/mol. The van der Waals surface area contributed by atoms with Crippen LogP contribution in [0.4, 0.5) is 0 Å². The maximum atomic E-state index is 12.9. The molecule has 0 radical (unpaired) electrons. The van der Waals surface area contributed by atoms with Gasteiger partial charge in [0, 0.05) is 6.42 Å². The third-order valence-corrected chi connectivity index (χ3v) is 9.83. The van der Waals surface area contributed by atoms with Crippen LogP contribution in [0.15, 0.2) is 22.5 Å². The molecule has 30 heavy (non-hydrogen) atoms. The number of sulfone groups is 1. The van der Waals surface area contributed by atoms with Gasteiger partial charge in [-0.05, 0) is 80.0 Å². The molecule has 5 nitrogen and oxygen atoms in total. The van der Waals surface area contributed by atoms with E-state index < -0.39 is 21.2 Å². The van der Waals surface area contributed by atoms with Crippen LogP contribution in [0.5, 0.6) is 0 Å². The maximum Gasteiger partial charge on any atom is 0.196 e. The number of benzene rings is 1. The van der Waals surface area contributed by atoms with Crippen molar-refractivity contribution in [1.82, 2.24) is 4.98 Å². The Bertz CT molecular complexity index is 1080. The number of aryl methyl sites for hydroxylation is 1. The first-order chi connectivity index (χ1) is 14.1. The number of thiazole rings is 1. The van der Waals surface area contributed by atoms with Gasteiger partial charge in [-0.25, -0.2) is 13.4 Å². The monoisotopic (exact) mass is 447 g/mol. The van der Waals surface area contributed by atoms with Gasteiger partial charge in [0.2, 0.25) is 0 Å². The molecular weight excluding hydrogens is 418 g/mol. The average Bonchev–Trinajstić information content (AvgIpc) is 3.16. The van der Waals surface area contributed by atoms with Crippen LogP contribution in [0.25, 0.3) is 0 Å². The molecule has 2 aromatic rings. The third-order valence-electron chi connectivity index (χ3n) is 6.30. The molecule has 0 spiro atoms. The lowest BCUT2D eigenvalue weighted by atomic mass is 9.86. The van der Waals surface area contributed by atoms with E-state index >= 15 is 0 Å². The minimum Gasteiger partial charge on any atom is -0.383 e. The normalized spacial score (nSPS) is 17.7. The van der Waals surface area contributed by atoms with Gasteiger partial charge in [-0.15, -0.1) is 11.3 Å². The van der Waals surface area contributed by atoms with Crippen molar-refractivity contribution in [2.45, 2.75) is 75.0 Å². The van der Waals surface area contributed by atoms with Crippen LogP contribution in [0.2, 0.25) is 0 Å². The Morgan fingerprint density at radius 1 is 1.30 bits per heavy atom. The SMILES string of the molecule is C[C@@H](c1ccc2c(c1CC(=O)CS(=O)(=O)c1cnc(C(C)(C)O)s1)CCC2)C1CC1. The quantitative estimate of drug-likeness (QED) is 0.662. The summed E-state index contributed by atoms with van der Waals surface area (Å²) in [6.45, 7) is 5.35. The van der Waals surface area contributed by atoms with Crippen LogP contribution in [0.3, 0.4) is 0 Å². The van der Waals surface area contributed by atoms with Crippen LogP contribution < -0.4 is 0 Å². The van der Waals surface area contributed by atoms with Gasteiger partial charge in [0.1, 0.15) is 20.6 Å². The molecule has 1 N–H and O–H groups in total. The van der Waals surface area contributed by atoms with Gasteiger partial charge in [-0.2, -0.15) is 0 Å². The smallest absolute Gasteiger partial charge is 0.196 e. The Hall–Kier alpha value is -1.57. The van der Waals surface area contributed by atoms with Crippen molar-refractivity contribution in [1.29, 1.82) is 0 Å². The van der Waals surface area contributed by atoms with Gasteiger partial charge in [0.05, 0.1) is 6.20 Å². The lowest BCUT2D eigenvalue weighted by Crippen LogP contribution is -2.19. The molecule has 1 fully saturated rings. The Morgan fingerprint density at radius 3 is 2.67 bits per heavy atom. The molecule has 0 bridgehead atoms. The second-order valence-corrected chi connectivity index (χ2v) is 12.5. The molecule has 0 aliphatic heterocycles. The number of hydrogen-bond acceptors (Lipinski definition) is 6. The van der Waals surface area contributed by atoms with E-state index in [0.717, 1.165) is 36.2 Å². The first-order valence-electron chi connectivity index (χ1n) is 10.6. The summed E-state index contributed by atoms with van der Waals surface area (Å²) in [6.07, 6.45) is 6.99. The maximum absolute atomic E-state index is 12.9. The highest BCUT2D eigenvalue weighted by atomic mass is 32.2. The first-order valence-corrected chi connectivity index (χ1v) is 13.1. The molecule has 0 saturated heterocycles. The van der Waals surface area contributed by atoms with Crippen molar-refractivity contribution in [3.63, 3.8) is 0 Å². The Labute approximate surface area is 182 Å².